The van der Waals surface area contributed by atoms with Gasteiger partial charge in [0.05, 0.1) is 76.3 Å². The molecule has 6 unspecified atom stereocenters. The molecule has 6 aliphatic rings. The Balaban J connectivity index is 0.000000221. The molecule has 4 fully saturated rings. The van der Waals surface area contributed by atoms with Gasteiger partial charge < -0.3 is 79.3 Å². The number of allylic oxidation sites excluding steroid dienone is 2. The molecule has 10 rings (SSSR count). The Bertz CT molecular complexity index is 3310. The summed E-state index contributed by atoms with van der Waals surface area (Å²) in [6.45, 7) is -4.41. The molecule has 94 heavy (non-hydrogen) atoms. The molecule has 8 N–H and O–H groups in total. The molecular formula is C52H70N12O26P2S2. The third-order valence-corrected chi connectivity index (χ3v) is 21.3. The highest BCUT2D eigenvalue weighted by molar-refractivity contribution is 8.55. The van der Waals surface area contributed by atoms with Gasteiger partial charge >= 0.3 is 25.9 Å². The van der Waals surface area contributed by atoms with Crippen molar-refractivity contribution in [1.29, 1.82) is 0 Å². The molecule has 0 radical (unpaired) electrons. The molecule has 2 amide bonds. The number of amides is 2. The first-order valence-electron chi connectivity index (χ1n) is 28.8. The Kier molecular flexibility index (Phi) is 24.2. The highest BCUT2D eigenvalue weighted by Crippen LogP contribution is 2.64. The number of aromatic nitrogens is 8. The Morgan fingerprint density at radius 3 is 1.35 bits per heavy atom. The van der Waals surface area contributed by atoms with E-state index in [4.69, 9.17) is 76.9 Å². The minimum Gasteiger partial charge on any atom is -0.432 e. The molecule has 4 aromatic heterocycles. The molecule has 10 heterocycles. The van der Waals surface area contributed by atoms with Gasteiger partial charge in [-0.15, -0.1) is 0 Å². The monoisotopic (exact) mass is 1400 g/mol. The number of carbonyl (C=O) groups is 6. The number of anilines is 2. The zero-order valence-electron chi connectivity index (χ0n) is 51.0. The average molecular weight is 1410 g/mol. The third kappa shape index (κ3) is 17.0. The predicted octanol–water partition coefficient (Wildman–Crippen LogP) is 1.73. The molecule has 0 saturated carbocycles. The molecule has 0 bridgehead atoms. The zero-order chi connectivity index (χ0) is 67.8. The van der Waals surface area contributed by atoms with Crippen LogP contribution in [0.1, 0.15) is 65.8 Å². The first-order chi connectivity index (χ1) is 44.8. The number of fused-ring (bicyclic) bond motifs is 2. The van der Waals surface area contributed by atoms with Gasteiger partial charge in [-0.05, 0) is 39.8 Å². The summed E-state index contributed by atoms with van der Waals surface area (Å²) in [5, 5.41) is 41.9. The van der Waals surface area contributed by atoms with Gasteiger partial charge in [0, 0.05) is 62.2 Å². The largest absolute Gasteiger partial charge is 0.509 e. The van der Waals surface area contributed by atoms with E-state index in [9.17, 15) is 58.3 Å². The van der Waals surface area contributed by atoms with Crippen LogP contribution in [0, 0.1) is 0 Å². The van der Waals surface area contributed by atoms with Crippen molar-refractivity contribution in [2.24, 2.45) is 0 Å². The van der Waals surface area contributed by atoms with Gasteiger partial charge in [-0.25, -0.2) is 48.6 Å². The van der Waals surface area contributed by atoms with Crippen molar-refractivity contribution in [2.75, 3.05) is 64.0 Å². The second-order valence-corrected chi connectivity index (χ2v) is 29.6. The van der Waals surface area contributed by atoms with Crippen molar-refractivity contribution in [2.45, 2.75) is 152 Å². The molecule has 516 valence electrons. The van der Waals surface area contributed by atoms with Crippen LogP contribution >= 0.6 is 36.4 Å². The first-order valence-corrected chi connectivity index (χ1v) is 35.1. The van der Waals surface area contributed by atoms with E-state index in [2.05, 4.69) is 29.9 Å². The van der Waals surface area contributed by atoms with E-state index < -0.39 is 199 Å². The van der Waals surface area contributed by atoms with Crippen molar-refractivity contribution in [3.63, 3.8) is 0 Å². The maximum absolute atomic E-state index is 14.2. The van der Waals surface area contributed by atoms with E-state index in [-0.39, 0.29) is 24.5 Å². The number of methoxy groups -OCH3 is 2. The summed E-state index contributed by atoms with van der Waals surface area (Å²) in [5.74, 6) is -2.66. The molecule has 4 aromatic rings. The summed E-state index contributed by atoms with van der Waals surface area (Å²) in [4.78, 5) is 99.5. The minimum atomic E-state index is -4.37. The highest BCUT2D eigenvalue weighted by Gasteiger charge is 2.55. The average Bonchev–Trinajstić information content (AvgIpc) is 1.65. The van der Waals surface area contributed by atoms with Crippen molar-refractivity contribution in [3.8, 4) is 0 Å². The number of aliphatic hydroxyl groups is 4. The third-order valence-electron chi connectivity index (χ3n) is 14.6. The van der Waals surface area contributed by atoms with Crippen molar-refractivity contribution in [3.05, 3.63) is 49.9 Å². The molecular weight excluding hydrogens is 1330 g/mol. The topological polar surface area (TPSA) is 492 Å². The molecule has 0 aromatic carbocycles. The van der Waals surface area contributed by atoms with Crippen LogP contribution in [0.5, 0.6) is 0 Å². The summed E-state index contributed by atoms with van der Waals surface area (Å²) < 4.78 is 110. The fraction of sp³-hybridized carbons (Fsp3) is 0.615. The predicted molar refractivity (Wildman–Crippen MR) is 320 cm³/mol. The van der Waals surface area contributed by atoms with Crippen LogP contribution in [0.3, 0.4) is 0 Å². The second-order valence-electron chi connectivity index (χ2n) is 21.7. The van der Waals surface area contributed by atoms with E-state index in [1.807, 2.05) is 0 Å². The lowest BCUT2D eigenvalue weighted by Gasteiger charge is -2.31. The number of rotatable bonds is 26. The van der Waals surface area contributed by atoms with Crippen LogP contribution < -0.4 is 11.5 Å². The van der Waals surface area contributed by atoms with Gasteiger partial charge in [-0.3, -0.25) is 56.2 Å². The number of ether oxygens (including phenoxy) is 10. The molecule has 4 saturated heterocycles. The van der Waals surface area contributed by atoms with E-state index in [0.717, 1.165) is 9.80 Å². The number of hydrogen-bond donors (Lipinski definition) is 6. The van der Waals surface area contributed by atoms with E-state index in [0.29, 0.717) is 45.1 Å². The smallest absolute Gasteiger partial charge is 0.432 e. The van der Waals surface area contributed by atoms with Crippen LogP contribution in [0.25, 0.3) is 22.3 Å². The van der Waals surface area contributed by atoms with Crippen molar-refractivity contribution >= 4 is 106 Å². The van der Waals surface area contributed by atoms with Gasteiger partial charge in [0.15, 0.2) is 58.8 Å². The fourth-order valence-corrected chi connectivity index (χ4v) is 15.8. The van der Waals surface area contributed by atoms with Crippen LogP contribution in [0.15, 0.2) is 49.9 Å². The van der Waals surface area contributed by atoms with E-state index in [1.54, 1.807) is 36.8 Å². The lowest BCUT2D eigenvalue weighted by atomic mass is 10.1. The zero-order valence-corrected chi connectivity index (χ0v) is 54.5. The molecule has 42 heteroatoms. The fourth-order valence-electron chi connectivity index (χ4n) is 10.2. The minimum absolute atomic E-state index is 0.0994. The maximum atomic E-state index is 14.2. The number of nitrogen functional groups attached to an aromatic ring is 2. The summed E-state index contributed by atoms with van der Waals surface area (Å²) in [6.07, 6.45) is -8.33. The Hall–Kier alpha value is -6.40. The summed E-state index contributed by atoms with van der Waals surface area (Å²) in [5.41, 5.74) is 13.2. The van der Waals surface area contributed by atoms with Gasteiger partial charge in [0.25, 0.3) is 0 Å². The molecule has 38 nitrogen and oxygen atoms in total. The van der Waals surface area contributed by atoms with Gasteiger partial charge in [-0.1, -0.05) is 0 Å². The van der Waals surface area contributed by atoms with Crippen LogP contribution in [-0.2, 0) is 93.8 Å². The maximum Gasteiger partial charge on any atom is 0.509 e. The number of ketones is 2. The van der Waals surface area contributed by atoms with Gasteiger partial charge in [0.1, 0.15) is 85.0 Å². The molecule has 0 spiro atoms. The number of hydrogen-bond acceptors (Lipinski definition) is 36. The van der Waals surface area contributed by atoms with Gasteiger partial charge in [-0.2, -0.15) is 0 Å². The van der Waals surface area contributed by atoms with Crippen LogP contribution in [0.2, 0.25) is 0 Å². The lowest BCUT2D eigenvalue weighted by molar-refractivity contribution is -0.151. The second kappa shape index (κ2) is 31.6. The molecule has 6 aliphatic heterocycles. The SMILES string of the molecule is CO[C@H]1C(O[P@@](=O)(OC[C@H]2O[C@@H](n3cnc4c(N)ncnc43)CC2O)SCOC(=O)OC(C)C)[C@@H](CO)OC1N1C=CC(=O)CC1=O.CO[C@H]1C(O[P@](=O)(OC[C@H]2O[C@@H](n3cnc4c(N)ncnc43)CC2O)SCOC(=O)OC(C)C)[C@@H](CO)OC1N1C=CC(=O)CC1=O. The standard InChI is InChI=1S/2C26H35N6O13PS/c2*1-13(2)42-26(37)40-12-47-46(38,45-21-16(8-33)44-25(22(21)39-3)31-5-4-14(34)6-18(31)36)41-9-17-15(35)7-19(43-17)32-11-30-20-23(27)28-10-29-24(20)32/h2*4-5,10-11,13,15-17,19,21-22,25,33,35H,6-9,12H2,1-3H3,(H2,27,28,29)/t15?,16-,17-,19-,21?,22+,25?,46+;15?,16-,17-,19-,21?,22+,25?,46-/m11/s1. The summed E-state index contributed by atoms with van der Waals surface area (Å²) in [7, 11) is 2.59. The first kappa shape index (κ1) is 71.9. The van der Waals surface area contributed by atoms with Crippen LogP contribution in [-0.4, -0.2) is 243 Å². The summed E-state index contributed by atoms with van der Waals surface area (Å²) >= 11 is 0.977. The molecule has 0 aliphatic carbocycles. The van der Waals surface area contributed by atoms with Crippen molar-refractivity contribution < 1.29 is 124 Å². The van der Waals surface area contributed by atoms with Crippen LogP contribution in [0.4, 0.5) is 21.2 Å². The Morgan fingerprint density at radius 1 is 0.606 bits per heavy atom. The number of nitrogens with zero attached hydrogens (tertiary/aromatic N) is 10. The van der Waals surface area contributed by atoms with Crippen molar-refractivity contribution in [1.82, 2.24) is 48.8 Å². The number of carbonyl (C=O) groups excluding carboxylic acids is 6. The molecule has 16 atom stereocenters. The highest BCUT2D eigenvalue weighted by atomic mass is 32.7. The lowest BCUT2D eigenvalue weighted by Crippen LogP contribution is -2.47. The normalized spacial score (nSPS) is 29.1. The van der Waals surface area contributed by atoms with Gasteiger partial charge in [0.2, 0.25) is 11.8 Å². The number of nitrogens with two attached hydrogens (primary N) is 2. The summed E-state index contributed by atoms with van der Waals surface area (Å²) in [6, 6.07) is 0. The number of aliphatic hydroxyl groups excluding tert-OH is 4. The quantitative estimate of drug-likeness (QED) is 0.0226. The van der Waals surface area contributed by atoms with E-state index in [1.165, 1.54) is 64.1 Å². The Morgan fingerprint density at radius 2 is 1.00 bits per heavy atom. The Labute approximate surface area is 542 Å². The number of imidazole rings is 2. The van der Waals surface area contributed by atoms with E-state index >= 15 is 0 Å².